The molecule has 0 radical (unpaired) electrons. The Morgan fingerprint density at radius 2 is 2.12 bits per heavy atom. The number of rotatable bonds is 6. The Bertz CT molecular complexity index is 816. The van der Waals surface area contributed by atoms with Gasteiger partial charge in [0.1, 0.15) is 5.69 Å². The van der Waals surface area contributed by atoms with E-state index in [9.17, 15) is 14.4 Å². The van der Waals surface area contributed by atoms with Crippen molar-refractivity contribution in [2.45, 2.75) is 25.3 Å². The molecule has 2 amide bonds. The molecule has 8 heteroatoms. The van der Waals surface area contributed by atoms with E-state index in [1.54, 1.807) is 12.1 Å². The smallest absolute Gasteiger partial charge is 0.358 e. The fraction of sp³-hybridized carbons (Fsp3) is 0.333. The highest BCUT2D eigenvalue weighted by Gasteiger charge is 2.22. The van der Waals surface area contributed by atoms with Crippen molar-refractivity contribution in [3.05, 3.63) is 47.8 Å². The molecule has 1 fully saturated rings. The molecule has 1 aromatic carbocycles. The minimum atomic E-state index is -0.609. The Balaban J connectivity index is 1.74. The fourth-order valence-corrected chi connectivity index (χ4v) is 2.86. The average Bonchev–Trinajstić information content (AvgIpc) is 3.28. The second kappa shape index (κ2) is 7.81. The zero-order valence-corrected chi connectivity index (χ0v) is 14.4. The van der Waals surface area contributed by atoms with Crippen molar-refractivity contribution in [1.29, 1.82) is 0 Å². The second-order valence-electron chi connectivity index (χ2n) is 6.00. The molecule has 0 saturated carbocycles. The first-order chi connectivity index (χ1) is 12.6. The standard InChI is InChI=1S/C18H20N4O4/c1-26-18(25)14-11-15(22(21-14)13-5-3-2-4-6-13)17(24)19-10-9-12-7-8-16(23)20-12/h2-6,11-12H,7-10H2,1H3,(H,19,24)(H,20,23)/t12-/m0/s1. The number of para-hydroxylation sites is 1. The maximum absolute atomic E-state index is 12.6. The van der Waals surface area contributed by atoms with Crippen LogP contribution in [0.15, 0.2) is 36.4 Å². The number of methoxy groups -OCH3 is 1. The number of aromatic nitrogens is 2. The van der Waals surface area contributed by atoms with E-state index in [0.717, 1.165) is 6.42 Å². The molecule has 8 nitrogen and oxygen atoms in total. The monoisotopic (exact) mass is 356 g/mol. The zero-order valence-electron chi connectivity index (χ0n) is 14.4. The molecule has 0 spiro atoms. The number of benzene rings is 1. The highest BCUT2D eigenvalue weighted by Crippen LogP contribution is 2.14. The van der Waals surface area contributed by atoms with Crippen molar-refractivity contribution < 1.29 is 19.1 Å². The van der Waals surface area contributed by atoms with Gasteiger partial charge in [-0.1, -0.05) is 18.2 Å². The van der Waals surface area contributed by atoms with Crippen LogP contribution in [0.4, 0.5) is 0 Å². The van der Waals surface area contributed by atoms with Gasteiger partial charge in [-0.25, -0.2) is 9.48 Å². The van der Waals surface area contributed by atoms with E-state index in [0.29, 0.717) is 25.1 Å². The Hall–Kier alpha value is -3.16. The topological polar surface area (TPSA) is 102 Å². The van der Waals surface area contributed by atoms with E-state index >= 15 is 0 Å². The van der Waals surface area contributed by atoms with Crippen molar-refractivity contribution in [3.63, 3.8) is 0 Å². The Morgan fingerprint density at radius 1 is 1.35 bits per heavy atom. The van der Waals surface area contributed by atoms with Crippen LogP contribution in [0, 0.1) is 0 Å². The molecule has 136 valence electrons. The number of carbonyl (C=O) groups excluding carboxylic acids is 3. The molecule has 1 saturated heterocycles. The molecule has 1 atom stereocenters. The second-order valence-corrected chi connectivity index (χ2v) is 6.00. The van der Waals surface area contributed by atoms with Crippen molar-refractivity contribution >= 4 is 17.8 Å². The van der Waals surface area contributed by atoms with Crippen LogP contribution < -0.4 is 10.6 Å². The molecule has 1 aromatic heterocycles. The van der Waals surface area contributed by atoms with E-state index in [1.807, 2.05) is 18.2 Å². The summed E-state index contributed by atoms with van der Waals surface area (Å²) in [6, 6.07) is 10.6. The predicted octanol–water partition coefficient (Wildman–Crippen LogP) is 1.06. The summed E-state index contributed by atoms with van der Waals surface area (Å²) in [7, 11) is 1.26. The van der Waals surface area contributed by atoms with Gasteiger partial charge in [-0.05, 0) is 25.0 Å². The van der Waals surface area contributed by atoms with Gasteiger partial charge in [0.25, 0.3) is 5.91 Å². The quantitative estimate of drug-likeness (QED) is 0.754. The lowest BCUT2D eigenvalue weighted by Crippen LogP contribution is -2.32. The average molecular weight is 356 g/mol. The number of hydrogen-bond donors (Lipinski definition) is 2. The molecule has 2 aromatic rings. The van der Waals surface area contributed by atoms with Gasteiger partial charge < -0.3 is 15.4 Å². The summed E-state index contributed by atoms with van der Waals surface area (Å²) in [6.45, 7) is 0.414. The third-order valence-corrected chi connectivity index (χ3v) is 4.20. The number of esters is 1. The molecular weight excluding hydrogens is 336 g/mol. The van der Waals surface area contributed by atoms with Crippen molar-refractivity contribution in [2.75, 3.05) is 13.7 Å². The van der Waals surface area contributed by atoms with Gasteiger partial charge in [-0.2, -0.15) is 5.10 Å². The summed E-state index contributed by atoms with van der Waals surface area (Å²) in [4.78, 5) is 35.6. The van der Waals surface area contributed by atoms with E-state index in [-0.39, 0.29) is 29.2 Å². The van der Waals surface area contributed by atoms with Crippen molar-refractivity contribution in [3.8, 4) is 5.69 Å². The first-order valence-corrected chi connectivity index (χ1v) is 8.40. The number of ether oxygens (including phenoxy) is 1. The predicted molar refractivity (Wildman–Crippen MR) is 93.0 cm³/mol. The van der Waals surface area contributed by atoms with Crippen LogP contribution in [0.25, 0.3) is 5.69 Å². The van der Waals surface area contributed by atoms with Gasteiger partial charge >= 0.3 is 5.97 Å². The summed E-state index contributed by atoms with van der Waals surface area (Å²) < 4.78 is 6.11. The highest BCUT2D eigenvalue weighted by atomic mass is 16.5. The molecular formula is C18H20N4O4. The number of hydrogen-bond acceptors (Lipinski definition) is 5. The van der Waals surface area contributed by atoms with Gasteiger partial charge in [0.2, 0.25) is 5.91 Å². The van der Waals surface area contributed by atoms with Crippen LogP contribution in [0.2, 0.25) is 0 Å². The number of nitrogens with one attached hydrogen (secondary N) is 2. The molecule has 3 rings (SSSR count). The van der Waals surface area contributed by atoms with E-state index < -0.39 is 5.97 Å². The first-order valence-electron chi connectivity index (χ1n) is 8.40. The molecule has 0 unspecified atom stereocenters. The zero-order chi connectivity index (χ0) is 18.5. The maximum Gasteiger partial charge on any atom is 0.358 e. The SMILES string of the molecule is COC(=O)c1cc(C(=O)NCC[C@@H]2CCC(=O)N2)n(-c2ccccc2)n1. The molecule has 1 aliphatic heterocycles. The normalized spacial score (nSPS) is 16.2. The van der Waals surface area contributed by atoms with Crippen molar-refractivity contribution in [2.24, 2.45) is 0 Å². The van der Waals surface area contributed by atoms with Gasteiger partial charge in [0, 0.05) is 25.1 Å². The molecule has 2 N–H and O–H groups in total. The lowest BCUT2D eigenvalue weighted by molar-refractivity contribution is -0.119. The Labute approximate surface area is 150 Å². The molecule has 1 aliphatic rings. The van der Waals surface area contributed by atoms with Crippen LogP contribution in [-0.4, -0.2) is 47.3 Å². The molecule has 2 heterocycles. The minimum Gasteiger partial charge on any atom is -0.464 e. The van der Waals surface area contributed by atoms with E-state index in [4.69, 9.17) is 4.74 Å². The lowest BCUT2D eigenvalue weighted by atomic mass is 10.1. The van der Waals surface area contributed by atoms with Gasteiger partial charge in [-0.3, -0.25) is 9.59 Å². The van der Waals surface area contributed by atoms with Crippen LogP contribution in [0.1, 0.15) is 40.2 Å². The van der Waals surface area contributed by atoms with Crippen LogP contribution in [-0.2, 0) is 9.53 Å². The molecule has 0 bridgehead atoms. The largest absolute Gasteiger partial charge is 0.464 e. The molecule has 26 heavy (non-hydrogen) atoms. The third-order valence-electron chi connectivity index (χ3n) is 4.20. The summed E-state index contributed by atoms with van der Waals surface area (Å²) in [6.07, 6.45) is 1.96. The Kier molecular flexibility index (Phi) is 5.31. The van der Waals surface area contributed by atoms with Crippen LogP contribution >= 0.6 is 0 Å². The minimum absolute atomic E-state index is 0.0474. The summed E-state index contributed by atoms with van der Waals surface area (Å²) in [5, 5.41) is 9.87. The van der Waals surface area contributed by atoms with Gasteiger partial charge in [0.15, 0.2) is 5.69 Å². The molecule has 0 aliphatic carbocycles. The Morgan fingerprint density at radius 3 is 2.77 bits per heavy atom. The summed E-state index contributed by atoms with van der Waals surface area (Å²) in [5.41, 5.74) is 0.965. The number of carbonyl (C=O) groups is 3. The van der Waals surface area contributed by atoms with Crippen molar-refractivity contribution in [1.82, 2.24) is 20.4 Å². The van der Waals surface area contributed by atoms with Crippen LogP contribution in [0.5, 0.6) is 0 Å². The van der Waals surface area contributed by atoms with Gasteiger partial charge in [0.05, 0.1) is 12.8 Å². The first kappa shape index (κ1) is 17.7. The summed E-state index contributed by atoms with van der Waals surface area (Å²) >= 11 is 0. The number of nitrogens with zero attached hydrogens (tertiary/aromatic N) is 2. The van der Waals surface area contributed by atoms with Gasteiger partial charge in [-0.15, -0.1) is 0 Å². The fourth-order valence-electron chi connectivity index (χ4n) is 2.86. The third kappa shape index (κ3) is 3.90. The van der Waals surface area contributed by atoms with Crippen LogP contribution in [0.3, 0.4) is 0 Å². The van der Waals surface area contributed by atoms with E-state index in [1.165, 1.54) is 17.9 Å². The maximum atomic E-state index is 12.6. The lowest BCUT2D eigenvalue weighted by Gasteiger charge is -2.11. The summed E-state index contributed by atoms with van der Waals surface area (Å²) in [5.74, 6) is -0.908. The number of amides is 2. The van der Waals surface area contributed by atoms with E-state index in [2.05, 4.69) is 15.7 Å². The highest BCUT2D eigenvalue weighted by molar-refractivity contribution is 5.96.